The Bertz CT molecular complexity index is 1300. The molecule has 1 aromatic carbocycles. The second-order valence-corrected chi connectivity index (χ2v) is 7.50. The Morgan fingerprint density at radius 1 is 1.33 bits per heavy atom. The van der Waals surface area contributed by atoms with E-state index in [0.717, 1.165) is 12.0 Å². The van der Waals surface area contributed by atoms with Gasteiger partial charge < -0.3 is 15.4 Å². The number of aromatic nitrogens is 4. The summed E-state index contributed by atoms with van der Waals surface area (Å²) >= 11 is 0. The molecule has 1 aliphatic heterocycles. The van der Waals surface area contributed by atoms with Crippen molar-refractivity contribution < 1.29 is 9.53 Å². The van der Waals surface area contributed by atoms with E-state index in [1.165, 1.54) is 12.4 Å². The Kier molecular flexibility index (Phi) is 6.22. The quantitative estimate of drug-likeness (QED) is 0.273. The van der Waals surface area contributed by atoms with Gasteiger partial charge in [-0.15, -0.1) is 6.42 Å². The van der Waals surface area contributed by atoms with Gasteiger partial charge in [0.05, 0.1) is 11.4 Å². The van der Waals surface area contributed by atoms with Crippen LogP contribution in [-0.2, 0) is 4.79 Å². The Balaban J connectivity index is 1.68. The number of carbonyl (C=O) groups is 1. The first-order valence-corrected chi connectivity index (χ1v) is 10.5. The van der Waals surface area contributed by atoms with Gasteiger partial charge in [0, 0.05) is 18.7 Å². The number of anilines is 1. The van der Waals surface area contributed by atoms with Gasteiger partial charge in [0.2, 0.25) is 5.91 Å². The van der Waals surface area contributed by atoms with Gasteiger partial charge in [0.15, 0.2) is 5.65 Å². The van der Waals surface area contributed by atoms with Crippen molar-refractivity contribution in [2.75, 3.05) is 18.8 Å². The van der Waals surface area contributed by atoms with Crippen LogP contribution in [0.3, 0.4) is 0 Å². The molecule has 8 heteroatoms. The van der Waals surface area contributed by atoms with Crippen molar-refractivity contribution in [2.24, 2.45) is 0 Å². The number of nitrogens with two attached hydrogens (primary N) is 1. The highest BCUT2D eigenvalue weighted by Gasteiger charge is 2.30. The summed E-state index contributed by atoms with van der Waals surface area (Å²) in [6, 6.07) is 7.52. The average Bonchev–Trinajstić information content (AvgIpc) is 3.47. The maximum Gasteiger partial charge on any atom is 0.246 e. The van der Waals surface area contributed by atoms with Crippen molar-refractivity contribution in [3.63, 3.8) is 0 Å². The van der Waals surface area contributed by atoms with Crippen LogP contribution in [0.25, 0.3) is 22.3 Å². The summed E-state index contributed by atoms with van der Waals surface area (Å²) in [4.78, 5) is 22.4. The topological polar surface area (TPSA) is 99.2 Å². The molecule has 0 aliphatic carbocycles. The summed E-state index contributed by atoms with van der Waals surface area (Å²) in [5, 5.41) is 5.54. The minimum atomic E-state index is -0.0866. The summed E-state index contributed by atoms with van der Waals surface area (Å²) in [5.41, 5.74) is 8.41. The Hall–Kier alpha value is -4.38. The molecule has 0 saturated carbocycles. The normalized spacial score (nSPS) is 16.3. The number of nitrogens with zero attached hydrogens (tertiary/aromatic N) is 5. The molecule has 4 rings (SSSR count). The van der Waals surface area contributed by atoms with Crippen molar-refractivity contribution in [1.82, 2.24) is 24.6 Å². The summed E-state index contributed by atoms with van der Waals surface area (Å²) < 4.78 is 7.71. The molecule has 0 bridgehead atoms. The van der Waals surface area contributed by atoms with Crippen LogP contribution in [0.4, 0.5) is 5.82 Å². The highest BCUT2D eigenvalue weighted by atomic mass is 16.5. The third kappa shape index (κ3) is 4.34. The van der Waals surface area contributed by atoms with E-state index in [-0.39, 0.29) is 11.9 Å². The molecule has 1 atom stereocenters. The summed E-state index contributed by atoms with van der Waals surface area (Å²) in [7, 11) is 0. The smallest absolute Gasteiger partial charge is 0.246 e. The van der Waals surface area contributed by atoms with E-state index in [4.69, 9.17) is 22.0 Å². The van der Waals surface area contributed by atoms with Crippen LogP contribution in [0, 0.1) is 12.3 Å². The molecule has 1 fully saturated rings. The number of ether oxygens (including phenoxy) is 1. The van der Waals surface area contributed by atoms with Crippen LogP contribution < -0.4 is 10.5 Å². The first kappa shape index (κ1) is 21.8. The molecule has 1 saturated heterocycles. The second-order valence-electron chi connectivity index (χ2n) is 7.50. The van der Waals surface area contributed by atoms with E-state index in [0.29, 0.717) is 47.1 Å². The lowest BCUT2D eigenvalue weighted by molar-refractivity contribution is -0.125. The van der Waals surface area contributed by atoms with Crippen LogP contribution in [-0.4, -0.2) is 43.6 Å². The van der Waals surface area contributed by atoms with Crippen molar-refractivity contribution in [3.8, 4) is 29.4 Å². The SMILES string of the molecule is C#C/C=C\C(=C/C)Oc1ccc(-c2nn([C@@H]3CCN(C(=O)C=C)C3)c3ncnc(N)c23)cc1. The highest BCUT2D eigenvalue weighted by Crippen LogP contribution is 2.34. The van der Waals surface area contributed by atoms with Crippen molar-refractivity contribution in [1.29, 1.82) is 0 Å². The lowest BCUT2D eigenvalue weighted by Crippen LogP contribution is -2.27. The number of hydrogen-bond donors (Lipinski definition) is 1. The number of hydrogen-bond acceptors (Lipinski definition) is 6. The van der Waals surface area contributed by atoms with Gasteiger partial charge in [-0.2, -0.15) is 5.10 Å². The minimum Gasteiger partial charge on any atom is -0.458 e. The number of rotatable bonds is 6. The number of amides is 1. The monoisotopic (exact) mass is 440 g/mol. The van der Waals surface area contributed by atoms with Crippen molar-refractivity contribution >= 4 is 22.8 Å². The third-order valence-electron chi connectivity index (χ3n) is 5.51. The Labute approximate surface area is 192 Å². The molecule has 1 aliphatic rings. The fourth-order valence-electron chi connectivity index (χ4n) is 3.86. The summed E-state index contributed by atoms with van der Waals surface area (Å²) in [6.45, 7) is 6.63. The van der Waals surface area contributed by atoms with Gasteiger partial charge in [-0.1, -0.05) is 12.5 Å². The van der Waals surface area contributed by atoms with Crippen molar-refractivity contribution in [2.45, 2.75) is 19.4 Å². The predicted molar refractivity (Wildman–Crippen MR) is 128 cm³/mol. The molecular weight excluding hydrogens is 416 g/mol. The maximum atomic E-state index is 12.0. The zero-order valence-electron chi connectivity index (χ0n) is 18.3. The fourth-order valence-corrected chi connectivity index (χ4v) is 3.86. The van der Waals surface area contributed by atoms with E-state index in [1.54, 1.807) is 17.1 Å². The van der Waals surface area contributed by atoms with Crippen LogP contribution >= 0.6 is 0 Å². The minimum absolute atomic E-state index is 0.0118. The fraction of sp³-hybridized carbons (Fsp3) is 0.200. The van der Waals surface area contributed by atoms with Gasteiger partial charge in [0.1, 0.15) is 29.3 Å². The van der Waals surface area contributed by atoms with Crippen LogP contribution in [0.2, 0.25) is 0 Å². The van der Waals surface area contributed by atoms with E-state index >= 15 is 0 Å². The zero-order valence-corrected chi connectivity index (χ0v) is 18.3. The molecule has 3 heterocycles. The van der Waals surface area contributed by atoms with E-state index in [2.05, 4.69) is 22.5 Å². The molecule has 0 unspecified atom stereocenters. The highest BCUT2D eigenvalue weighted by molar-refractivity contribution is 5.98. The third-order valence-corrected chi connectivity index (χ3v) is 5.51. The average molecular weight is 441 g/mol. The van der Waals surface area contributed by atoms with Gasteiger partial charge in [0.25, 0.3) is 0 Å². The Morgan fingerprint density at radius 3 is 2.82 bits per heavy atom. The van der Waals surface area contributed by atoms with E-state index in [9.17, 15) is 4.79 Å². The first-order valence-electron chi connectivity index (χ1n) is 10.5. The number of terminal acetylenes is 1. The molecule has 33 heavy (non-hydrogen) atoms. The molecule has 2 N–H and O–H groups in total. The Morgan fingerprint density at radius 2 is 2.12 bits per heavy atom. The summed E-state index contributed by atoms with van der Waals surface area (Å²) in [5.74, 6) is 4.02. The first-order chi connectivity index (χ1) is 16.0. The molecule has 2 aromatic heterocycles. The molecule has 1 amide bonds. The molecule has 166 valence electrons. The van der Waals surface area contributed by atoms with Gasteiger partial charge in [-0.3, -0.25) is 4.79 Å². The van der Waals surface area contributed by atoms with Gasteiger partial charge in [-0.05, 0) is 61.9 Å². The second kappa shape index (κ2) is 9.40. The van der Waals surface area contributed by atoms with Crippen LogP contribution in [0.1, 0.15) is 19.4 Å². The number of fused-ring (bicyclic) bond motifs is 1. The number of likely N-dealkylation sites (tertiary alicyclic amines) is 1. The molecule has 0 radical (unpaired) electrons. The largest absolute Gasteiger partial charge is 0.458 e. The summed E-state index contributed by atoms with van der Waals surface area (Å²) in [6.07, 6.45) is 13.9. The zero-order chi connectivity index (χ0) is 23.4. The lowest BCUT2D eigenvalue weighted by atomic mass is 10.1. The van der Waals surface area contributed by atoms with Gasteiger partial charge in [-0.25, -0.2) is 14.6 Å². The number of allylic oxidation sites excluding steroid dienone is 3. The number of benzene rings is 1. The van der Waals surface area contributed by atoms with E-state index in [1.807, 2.05) is 41.9 Å². The molecule has 8 nitrogen and oxygen atoms in total. The molecule has 0 spiro atoms. The maximum absolute atomic E-state index is 12.0. The number of nitrogen functional groups attached to an aromatic ring is 1. The van der Waals surface area contributed by atoms with Crippen LogP contribution in [0.5, 0.6) is 5.75 Å². The number of carbonyl (C=O) groups excluding carboxylic acids is 1. The van der Waals surface area contributed by atoms with Gasteiger partial charge >= 0.3 is 0 Å². The molecular formula is C25H24N6O2. The van der Waals surface area contributed by atoms with Crippen LogP contribution in [0.15, 0.2) is 67.2 Å². The lowest BCUT2D eigenvalue weighted by Gasteiger charge is -2.14. The molecule has 3 aromatic rings. The van der Waals surface area contributed by atoms with E-state index < -0.39 is 0 Å². The predicted octanol–water partition coefficient (Wildman–Crippen LogP) is 3.51. The standard InChI is InChI=1S/C25H24N6O2/c1-4-7-8-19(5-2)33-20-11-9-17(10-12-20)23-22-24(26)27-16-28-25(22)31(29-23)18-13-14-30(15-18)21(32)6-3/h1,5-12,16,18H,3,13-15H2,2H3,(H2,26,27,28)/b8-7-,19-5+/t18-/m1/s1. The van der Waals surface area contributed by atoms with Crippen molar-refractivity contribution in [3.05, 3.63) is 67.2 Å².